The number of piperidine rings is 1. The van der Waals surface area contributed by atoms with Gasteiger partial charge in [0, 0.05) is 22.8 Å². The van der Waals surface area contributed by atoms with Crippen LogP contribution in [-0.4, -0.2) is 34.0 Å². The average Bonchev–Trinajstić information content (AvgIpc) is 3.22. The number of hydrogen-bond acceptors (Lipinski definition) is 5. The van der Waals surface area contributed by atoms with Crippen molar-refractivity contribution >= 4 is 34.8 Å². The van der Waals surface area contributed by atoms with E-state index in [-0.39, 0.29) is 11.8 Å². The van der Waals surface area contributed by atoms with E-state index in [9.17, 15) is 4.79 Å². The van der Waals surface area contributed by atoms with E-state index < -0.39 is 0 Å². The summed E-state index contributed by atoms with van der Waals surface area (Å²) in [6.45, 7) is 6.28. The molecule has 0 saturated carbocycles. The lowest BCUT2D eigenvalue weighted by molar-refractivity contribution is -0.121. The average molecular weight is 473 g/mol. The van der Waals surface area contributed by atoms with E-state index >= 15 is 0 Å². The topological polar surface area (TPSA) is 71.3 Å². The molecule has 1 aliphatic rings. The fraction of sp³-hybridized carbons (Fsp3) is 0.375. The highest BCUT2D eigenvalue weighted by atomic mass is 35.5. The first-order chi connectivity index (χ1) is 15.4. The first-order valence-corrected chi connectivity index (χ1v) is 11.6. The molecular formula is C24H26Cl2N4O2. The zero-order chi connectivity index (χ0) is 22.7. The first kappa shape index (κ1) is 22.8. The van der Waals surface area contributed by atoms with Crippen molar-refractivity contribution in [1.29, 1.82) is 0 Å². The summed E-state index contributed by atoms with van der Waals surface area (Å²) in [5, 5.41) is 8.22. The van der Waals surface area contributed by atoms with Crippen LogP contribution in [0.5, 0.6) is 0 Å². The van der Waals surface area contributed by atoms with Crippen molar-refractivity contribution in [3.8, 4) is 11.4 Å². The number of para-hydroxylation sites is 1. The number of nitrogens with zero attached hydrogens (tertiary/aromatic N) is 3. The van der Waals surface area contributed by atoms with Gasteiger partial charge in [0.1, 0.15) is 0 Å². The van der Waals surface area contributed by atoms with Crippen molar-refractivity contribution in [3.05, 3.63) is 64.0 Å². The number of benzene rings is 2. The summed E-state index contributed by atoms with van der Waals surface area (Å²) in [4.78, 5) is 19.6. The molecule has 0 radical (unpaired) electrons. The third-order valence-electron chi connectivity index (χ3n) is 5.72. The molecule has 0 aliphatic carbocycles. The second-order valence-electron chi connectivity index (χ2n) is 8.44. The molecule has 1 amide bonds. The summed E-state index contributed by atoms with van der Waals surface area (Å²) in [5.41, 5.74) is 2.71. The maximum Gasteiger partial charge on any atom is 0.241 e. The highest BCUT2D eigenvalue weighted by Crippen LogP contribution is 2.29. The van der Waals surface area contributed by atoms with E-state index in [0.717, 1.165) is 30.6 Å². The largest absolute Gasteiger partial charge is 0.338 e. The quantitative estimate of drug-likeness (QED) is 0.474. The summed E-state index contributed by atoms with van der Waals surface area (Å²) in [7, 11) is 0. The Bertz CT molecular complexity index is 1100. The molecule has 0 bridgehead atoms. The van der Waals surface area contributed by atoms with Crippen LogP contribution in [0.4, 0.5) is 5.69 Å². The van der Waals surface area contributed by atoms with E-state index in [1.807, 2.05) is 18.2 Å². The van der Waals surface area contributed by atoms with Gasteiger partial charge in [0.25, 0.3) is 0 Å². The van der Waals surface area contributed by atoms with Crippen molar-refractivity contribution in [1.82, 2.24) is 15.0 Å². The number of rotatable bonds is 6. The van der Waals surface area contributed by atoms with Gasteiger partial charge in [-0.2, -0.15) is 4.98 Å². The SMILES string of the molecule is CC(C)c1ccccc1NC(=O)C1CCCN(Cc2nc(-c3ccc(Cl)cc3Cl)no2)C1. The predicted octanol–water partition coefficient (Wildman–Crippen LogP) is 6.02. The second kappa shape index (κ2) is 10.0. The molecule has 32 heavy (non-hydrogen) atoms. The monoisotopic (exact) mass is 472 g/mol. The lowest BCUT2D eigenvalue weighted by atomic mass is 9.96. The van der Waals surface area contributed by atoms with Crippen molar-refractivity contribution in [2.45, 2.75) is 39.2 Å². The molecule has 3 aromatic rings. The van der Waals surface area contributed by atoms with Crippen LogP contribution in [0.2, 0.25) is 10.0 Å². The maximum absolute atomic E-state index is 13.0. The number of carbonyl (C=O) groups excluding carboxylic acids is 1. The summed E-state index contributed by atoms with van der Waals surface area (Å²) >= 11 is 12.2. The van der Waals surface area contributed by atoms with Gasteiger partial charge in [0.05, 0.1) is 17.5 Å². The third-order valence-corrected chi connectivity index (χ3v) is 6.26. The van der Waals surface area contributed by atoms with Gasteiger partial charge in [-0.3, -0.25) is 9.69 Å². The molecule has 1 atom stereocenters. The molecule has 8 heteroatoms. The Balaban J connectivity index is 1.39. The van der Waals surface area contributed by atoms with Crippen molar-refractivity contribution < 1.29 is 9.32 Å². The third kappa shape index (κ3) is 5.31. The Hall–Kier alpha value is -2.41. The normalized spacial score (nSPS) is 17.0. The van der Waals surface area contributed by atoms with Crippen molar-refractivity contribution in [2.24, 2.45) is 5.92 Å². The minimum absolute atomic E-state index is 0.0574. The highest BCUT2D eigenvalue weighted by Gasteiger charge is 2.27. The Morgan fingerprint density at radius 1 is 1.25 bits per heavy atom. The van der Waals surface area contributed by atoms with Gasteiger partial charge in [-0.25, -0.2) is 0 Å². The number of likely N-dealkylation sites (tertiary alicyclic amines) is 1. The zero-order valence-electron chi connectivity index (χ0n) is 18.1. The molecule has 0 spiro atoms. The summed E-state index contributed by atoms with van der Waals surface area (Å²) in [5.74, 6) is 1.24. The smallest absolute Gasteiger partial charge is 0.241 e. The Morgan fingerprint density at radius 3 is 2.84 bits per heavy atom. The molecule has 1 fully saturated rings. The van der Waals surface area contributed by atoms with Gasteiger partial charge >= 0.3 is 0 Å². The molecule has 1 unspecified atom stereocenters. The van der Waals surface area contributed by atoms with Gasteiger partial charge < -0.3 is 9.84 Å². The molecule has 1 aromatic heterocycles. The minimum Gasteiger partial charge on any atom is -0.338 e. The molecule has 1 N–H and O–H groups in total. The van der Waals surface area contributed by atoms with Crippen LogP contribution < -0.4 is 5.32 Å². The molecule has 2 heterocycles. The molecule has 4 rings (SSSR count). The summed E-state index contributed by atoms with van der Waals surface area (Å²) in [6.07, 6.45) is 1.80. The highest BCUT2D eigenvalue weighted by molar-refractivity contribution is 6.36. The van der Waals surface area contributed by atoms with E-state index in [4.69, 9.17) is 27.7 Å². The molecule has 1 aliphatic heterocycles. The fourth-order valence-corrected chi connectivity index (χ4v) is 4.55. The lowest BCUT2D eigenvalue weighted by Gasteiger charge is -2.31. The summed E-state index contributed by atoms with van der Waals surface area (Å²) in [6, 6.07) is 13.2. The van der Waals surface area contributed by atoms with E-state index in [1.165, 1.54) is 0 Å². The Morgan fingerprint density at radius 2 is 2.06 bits per heavy atom. The predicted molar refractivity (Wildman–Crippen MR) is 127 cm³/mol. The van der Waals surface area contributed by atoms with Gasteiger partial charge in [-0.15, -0.1) is 0 Å². The van der Waals surface area contributed by atoms with Crippen LogP contribution in [0.1, 0.15) is 44.1 Å². The van der Waals surface area contributed by atoms with Gasteiger partial charge in [0.15, 0.2) is 0 Å². The number of carbonyl (C=O) groups is 1. The molecule has 168 valence electrons. The van der Waals surface area contributed by atoms with Crippen LogP contribution in [0, 0.1) is 5.92 Å². The van der Waals surface area contributed by atoms with Crippen molar-refractivity contribution in [3.63, 3.8) is 0 Å². The number of aromatic nitrogens is 2. The number of amides is 1. The van der Waals surface area contributed by atoms with Crippen LogP contribution in [-0.2, 0) is 11.3 Å². The summed E-state index contributed by atoms with van der Waals surface area (Å²) < 4.78 is 5.45. The maximum atomic E-state index is 13.0. The number of nitrogens with one attached hydrogen (secondary N) is 1. The Kier molecular flexibility index (Phi) is 7.13. The number of hydrogen-bond donors (Lipinski definition) is 1. The first-order valence-electron chi connectivity index (χ1n) is 10.8. The lowest BCUT2D eigenvalue weighted by Crippen LogP contribution is -2.40. The van der Waals surface area contributed by atoms with E-state index in [0.29, 0.717) is 46.3 Å². The zero-order valence-corrected chi connectivity index (χ0v) is 19.7. The van der Waals surface area contributed by atoms with Crippen LogP contribution in [0.15, 0.2) is 47.0 Å². The van der Waals surface area contributed by atoms with Gasteiger partial charge in [-0.05, 0) is 55.1 Å². The molecule has 1 saturated heterocycles. The molecule has 6 nitrogen and oxygen atoms in total. The van der Waals surface area contributed by atoms with Crippen LogP contribution in [0.3, 0.4) is 0 Å². The molecule has 2 aromatic carbocycles. The van der Waals surface area contributed by atoms with Gasteiger partial charge in [-0.1, -0.05) is 60.4 Å². The standard InChI is InChI=1S/C24H26Cl2N4O2/c1-15(2)18-7-3-4-8-21(18)27-24(31)16-6-5-11-30(13-16)14-22-28-23(29-32-22)19-10-9-17(25)12-20(19)26/h3-4,7-10,12,15-16H,5-6,11,13-14H2,1-2H3,(H,27,31). The van der Waals surface area contributed by atoms with E-state index in [2.05, 4.69) is 40.3 Å². The van der Waals surface area contributed by atoms with Crippen LogP contribution in [0.25, 0.3) is 11.4 Å². The van der Waals surface area contributed by atoms with Crippen molar-refractivity contribution in [2.75, 3.05) is 18.4 Å². The Labute approximate surface area is 197 Å². The number of anilines is 1. The second-order valence-corrected chi connectivity index (χ2v) is 9.28. The van der Waals surface area contributed by atoms with E-state index in [1.54, 1.807) is 18.2 Å². The fourth-order valence-electron chi connectivity index (χ4n) is 4.05. The molecular weight excluding hydrogens is 447 g/mol. The minimum atomic E-state index is -0.0860. The number of halogens is 2. The van der Waals surface area contributed by atoms with Gasteiger partial charge in [0.2, 0.25) is 17.6 Å². The van der Waals surface area contributed by atoms with Crippen LogP contribution >= 0.6 is 23.2 Å².